The van der Waals surface area contributed by atoms with Crippen molar-refractivity contribution in [2.24, 2.45) is 5.41 Å². The number of rotatable bonds is 2. The highest BCUT2D eigenvalue weighted by atomic mass is 35.5. The van der Waals surface area contributed by atoms with Crippen molar-refractivity contribution in [2.75, 3.05) is 0 Å². The fourth-order valence-electron chi connectivity index (χ4n) is 1.11. The Bertz CT molecular complexity index is 298. The van der Waals surface area contributed by atoms with Crippen LogP contribution in [0.4, 0.5) is 0 Å². The van der Waals surface area contributed by atoms with E-state index in [1.807, 2.05) is 6.92 Å². The molecule has 0 radical (unpaired) electrons. The molecule has 0 bridgehead atoms. The van der Waals surface area contributed by atoms with Gasteiger partial charge in [0, 0.05) is 5.92 Å². The van der Waals surface area contributed by atoms with E-state index in [1.165, 1.54) is 0 Å². The summed E-state index contributed by atoms with van der Waals surface area (Å²) in [6.45, 7) is 10.6. The number of hydrogen-bond donors (Lipinski definition) is 0. The van der Waals surface area contributed by atoms with Crippen LogP contribution in [0.2, 0.25) is 0 Å². The molecule has 3 heteroatoms. The Hall–Kier alpha value is -0.500. The van der Waals surface area contributed by atoms with Crippen molar-refractivity contribution in [2.45, 2.75) is 45.9 Å². The zero-order valence-electron chi connectivity index (χ0n) is 9.47. The van der Waals surface area contributed by atoms with Gasteiger partial charge < -0.3 is 4.42 Å². The van der Waals surface area contributed by atoms with Gasteiger partial charge in [0.15, 0.2) is 0 Å². The minimum Gasteiger partial charge on any atom is -0.444 e. The van der Waals surface area contributed by atoms with E-state index in [2.05, 4.69) is 32.7 Å². The Balaban J connectivity index is 2.87. The topological polar surface area (TPSA) is 26.0 Å². The van der Waals surface area contributed by atoms with E-state index >= 15 is 0 Å². The second-order valence-corrected chi connectivity index (χ2v) is 5.46. The van der Waals surface area contributed by atoms with Gasteiger partial charge in [-0.3, -0.25) is 0 Å². The molecule has 14 heavy (non-hydrogen) atoms. The van der Waals surface area contributed by atoms with Gasteiger partial charge in [-0.1, -0.05) is 27.7 Å². The van der Waals surface area contributed by atoms with Gasteiger partial charge in [0.1, 0.15) is 11.1 Å². The summed E-state index contributed by atoms with van der Waals surface area (Å²) >= 11 is 5.88. The summed E-state index contributed by atoms with van der Waals surface area (Å²) in [5, 5.41) is -0.157. The maximum absolute atomic E-state index is 5.88. The average Bonchev–Trinajstić information content (AvgIpc) is 2.48. The fourth-order valence-corrected chi connectivity index (χ4v) is 1.21. The summed E-state index contributed by atoms with van der Waals surface area (Å²) < 4.78 is 5.59. The van der Waals surface area contributed by atoms with Crippen LogP contribution in [-0.4, -0.2) is 4.98 Å². The molecule has 1 aromatic heterocycles. The van der Waals surface area contributed by atoms with Crippen LogP contribution < -0.4 is 0 Å². The molecule has 1 rings (SSSR count). The lowest BCUT2D eigenvalue weighted by Crippen LogP contribution is -2.14. The maximum atomic E-state index is 5.88. The lowest BCUT2D eigenvalue weighted by atomic mass is 9.81. The Morgan fingerprint density at radius 2 is 1.93 bits per heavy atom. The Labute approximate surface area is 90.7 Å². The summed E-state index contributed by atoms with van der Waals surface area (Å²) in [7, 11) is 0. The molecule has 80 valence electrons. The molecular formula is C11H18ClNO. The predicted octanol–water partition coefficient (Wildman–Crippen LogP) is 4.12. The monoisotopic (exact) mass is 215 g/mol. The second kappa shape index (κ2) is 3.93. The predicted molar refractivity (Wildman–Crippen MR) is 58.6 cm³/mol. The highest BCUT2D eigenvalue weighted by Gasteiger charge is 2.25. The molecule has 2 atom stereocenters. The average molecular weight is 216 g/mol. The zero-order valence-corrected chi connectivity index (χ0v) is 10.2. The van der Waals surface area contributed by atoms with Gasteiger partial charge >= 0.3 is 0 Å². The van der Waals surface area contributed by atoms with Gasteiger partial charge in [-0.2, -0.15) is 0 Å². The van der Waals surface area contributed by atoms with Crippen LogP contribution in [-0.2, 0) is 0 Å². The van der Waals surface area contributed by atoms with Crippen molar-refractivity contribution in [3.63, 3.8) is 0 Å². The van der Waals surface area contributed by atoms with Crippen molar-refractivity contribution in [3.05, 3.63) is 17.8 Å². The molecule has 0 aliphatic heterocycles. The number of alkyl halides is 1. The molecule has 0 aromatic carbocycles. The molecule has 0 saturated heterocycles. The van der Waals surface area contributed by atoms with E-state index in [9.17, 15) is 0 Å². The van der Waals surface area contributed by atoms with Gasteiger partial charge in [-0.15, -0.1) is 11.6 Å². The van der Waals surface area contributed by atoms with Crippen LogP contribution in [0.15, 0.2) is 10.6 Å². The van der Waals surface area contributed by atoms with E-state index in [-0.39, 0.29) is 10.8 Å². The molecule has 1 aromatic rings. The molecule has 2 nitrogen and oxygen atoms in total. The third kappa shape index (κ3) is 2.50. The standard InChI is InChI=1S/C11H18ClNO/c1-7(11(3,4)5)9-6-13-10(14-9)8(2)12/h6-8H,1-5H3. The largest absolute Gasteiger partial charge is 0.444 e. The van der Waals surface area contributed by atoms with Gasteiger partial charge in [0.25, 0.3) is 0 Å². The maximum Gasteiger partial charge on any atom is 0.212 e. The lowest BCUT2D eigenvalue weighted by Gasteiger charge is -2.24. The summed E-state index contributed by atoms with van der Waals surface area (Å²) in [6, 6.07) is 0. The molecule has 0 aliphatic carbocycles. The normalized spacial score (nSPS) is 16.7. The van der Waals surface area contributed by atoms with Crippen molar-refractivity contribution in [3.8, 4) is 0 Å². The third-order valence-corrected chi connectivity index (χ3v) is 2.79. The molecule has 0 spiro atoms. The first-order chi connectivity index (χ1) is 6.32. The quantitative estimate of drug-likeness (QED) is 0.694. The Morgan fingerprint density at radius 1 is 1.36 bits per heavy atom. The van der Waals surface area contributed by atoms with E-state index < -0.39 is 0 Å². The van der Waals surface area contributed by atoms with Crippen molar-refractivity contribution >= 4 is 11.6 Å². The molecule has 2 unspecified atom stereocenters. The number of oxazole rings is 1. The molecular weight excluding hydrogens is 198 g/mol. The number of hydrogen-bond acceptors (Lipinski definition) is 2. The molecule has 1 heterocycles. The van der Waals surface area contributed by atoms with Crippen LogP contribution in [0.1, 0.15) is 57.6 Å². The minimum absolute atomic E-state index is 0.157. The summed E-state index contributed by atoms with van der Waals surface area (Å²) in [6.07, 6.45) is 1.78. The molecule has 0 saturated carbocycles. The highest BCUT2D eigenvalue weighted by molar-refractivity contribution is 6.20. The van der Waals surface area contributed by atoms with Gasteiger partial charge in [0.05, 0.1) is 6.20 Å². The molecule has 0 aliphatic rings. The Morgan fingerprint density at radius 3 is 2.29 bits per heavy atom. The van der Waals surface area contributed by atoms with Crippen molar-refractivity contribution in [1.29, 1.82) is 0 Å². The van der Waals surface area contributed by atoms with Crippen LogP contribution in [0.5, 0.6) is 0 Å². The lowest BCUT2D eigenvalue weighted by molar-refractivity contribution is 0.290. The summed E-state index contributed by atoms with van der Waals surface area (Å²) in [5.41, 5.74) is 0.187. The van der Waals surface area contributed by atoms with E-state index in [0.717, 1.165) is 5.76 Å². The first kappa shape index (κ1) is 11.6. The second-order valence-electron chi connectivity index (χ2n) is 4.80. The van der Waals surface area contributed by atoms with Crippen LogP contribution in [0, 0.1) is 5.41 Å². The zero-order chi connectivity index (χ0) is 10.9. The highest BCUT2D eigenvalue weighted by Crippen LogP contribution is 2.35. The van der Waals surface area contributed by atoms with E-state index in [1.54, 1.807) is 6.20 Å². The van der Waals surface area contributed by atoms with Crippen LogP contribution in [0.25, 0.3) is 0 Å². The van der Waals surface area contributed by atoms with E-state index in [0.29, 0.717) is 11.8 Å². The number of aromatic nitrogens is 1. The number of nitrogens with zero attached hydrogens (tertiary/aromatic N) is 1. The van der Waals surface area contributed by atoms with Gasteiger partial charge in [0.2, 0.25) is 5.89 Å². The van der Waals surface area contributed by atoms with E-state index in [4.69, 9.17) is 16.0 Å². The van der Waals surface area contributed by atoms with Crippen LogP contribution in [0.3, 0.4) is 0 Å². The van der Waals surface area contributed by atoms with Gasteiger partial charge in [-0.25, -0.2) is 4.98 Å². The molecule has 0 N–H and O–H groups in total. The SMILES string of the molecule is CC(Cl)c1ncc(C(C)C(C)(C)C)o1. The first-order valence-electron chi connectivity index (χ1n) is 4.92. The summed E-state index contributed by atoms with van der Waals surface area (Å²) in [5.74, 6) is 1.87. The minimum atomic E-state index is -0.157. The van der Waals surface area contributed by atoms with Crippen LogP contribution >= 0.6 is 11.6 Å². The Kier molecular flexibility index (Phi) is 3.25. The third-order valence-electron chi connectivity index (χ3n) is 2.61. The summed E-state index contributed by atoms with van der Waals surface area (Å²) in [4.78, 5) is 4.15. The van der Waals surface area contributed by atoms with Crippen molar-refractivity contribution in [1.82, 2.24) is 4.98 Å². The fraction of sp³-hybridized carbons (Fsp3) is 0.727. The van der Waals surface area contributed by atoms with Gasteiger partial charge in [-0.05, 0) is 12.3 Å². The van der Waals surface area contributed by atoms with Crippen molar-refractivity contribution < 1.29 is 4.42 Å². The first-order valence-corrected chi connectivity index (χ1v) is 5.35. The number of halogens is 1. The molecule has 0 fully saturated rings. The molecule has 0 amide bonds. The smallest absolute Gasteiger partial charge is 0.212 e.